The number of anilines is 1. The summed E-state index contributed by atoms with van der Waals surface area (Å²) >= 11 is 5.75. The monoisotopic (exact) mass is 486 g/mol. The van der Waals surface area contributed by atoms with Gasteiger partial charge in [-0.15, -0.1) is 0 Å². The average molecular weight is 487 g/mol. The Labute approximate surface area is 207 Å². The molecule has 2 atom stereocenters. The molecule has 0 radical (unpaired) electrons. The fourth-order valence-corrected chi connectivity index (χ4v) is 5.20. The zero-order valence-electron chi connectivity index (χ0n) is 19.1. The smallest absolute Gasteiger partial charge is 0.337 e. The molecule has 1 fully saturated rings. The molecule has 1 aliphatic heterocycles. The average Bonchev–Trinajstić information content (AvgIpc) is 3.35. The molecule has 0 spiro atoms. The summed E-state index contributed by atoms with van der Waals surface area (Å²) in [6.07, 6.45) is 1.74. The highest BCUT2D eigenvalue weighted by atomic mass is 32.1. The molecule has 0 aliphatic carbocycles. The van der Waals surface area contributed by atoms with Crippen molar-refractivity contribution in [3.63, 3.8) is 0 Å². The molecule has 2 N–H and O–H groups in total. The Bertz CT molecular complexity index is 1420. The van der Waals surface area contributed by atoms with E-state index in [0.29, 0.717) is 10.8 Å². The van der Waals surface area contributed by atoms with Crippen LogP contribution in [0.15, 0.2) is 79.0 Å². The van der Waals surface area contributed by atoms with E-state index in [4.69, 9.17) is 12.2 Å². The summed E-state index contributed by atoms with van der Waals surface area (Å²) in [6, 6.07) is 20.4. The Kier molecular flexibility index (Phi) is 5.82. The summed E-state index contributed by atoms with van der Waals surface area (Å²) in [4.78, 5) is 18.5. The molecule has 4 aromatic rings. The molecule has 6 nitrogen and oxygen atoms in total. The molecule has 2 aromatic carbocycles. The van der Waals surface area contributed by atoms with E-state index in [9.17, 15) is 14.3 Å². The van der Waals surface area contributed by atoms with Gasteiger partial charge in [-0.1, -0.05) is 18.2 Å². The molecule has 0 bridgehead atoms. The van der Waals surface area contributed by atoms with Gasteiger partial charge in [0.25, 0.3) is 0 Å². The molecule has 35 heavy (non-hydrogen) atoms. The van der Waals surface area contributed by atoms with Crippen molar-refractivity contribution in [3.8, 4) is 5.69 Å². The molecule has 0 saturated carbocycles. The second-order valence-corrected chi connectivity index (χ2v) is 8.84. The third kappa shape index (κ3) is 3.95. The number of carbonyl (C=O) groups is 1. The first-order valence-electron chi connectivity index (χ1n) is 11.1. The van der Waals surface area contributed by atoms with Gasteiger partial charge in [-0.25, -0.2) is 9.18 Å². The summed E-state index contributed by atoms with van der Waals surface area (Å²) in [5, 5.41) is 13.7. The molecule has 5 rings (SSSR count). The minimum absolute atomic E-state index is 0.220. The van der Waals surface area contributed by atoms with Crippen molar-refractivity contribution in [3.05, 3.63) is 113 Å². The summed E-state index contributed by atoms with van der Waals surface area (Å²) in [5.41, 5.74) is 5.14. The number of thiocarbonyl (C=S) groups is 1. The Hall–Kier alpha value is -4.04. The van der Waals surface area contributed by atoms with E-state index in [1.54, 1.807) is 36.5 Å². The van der Waals surface area contributed by atoms with Crippen molar-refractivity contribution < 1.29 is 14.3 Å². The minimum Gasteiger partial charge on any atom is -0.478 e. The van der Waals surface area contributed by atoms with Crippen molar-refractivity contribution in [2.24, 2.45) is 0 Å². The van der Waals surface area contributed by atoms with Crippen LogP contribution in [0, 0.1) is 19.7 Å². The van der Waals surface area contributed by atoms with Gasteiger partial charge in [-0.05, 0) is 86.2 Å². The number of aromatic nitrogens is 2. The van der Waals surface area contributed by atoms with Gasteiger partial charge >= 0.3 is 5.97 Å². The number of carboxylic acid groups (broad SMARTS) is 1. The van der Waals surface area contributed by atoms with Crippen LogP contribution in [-0.4, -0.2) is 25.7 Å². The summed E-state index contributed by atoms with van der Waals surface area (Å²) in [6.45, 7) is 3.93. The van der Waals surface area contributed by atoms with Gasteiger partial charge in [0.15, 0.2) is 5.11 Å². The number of hydrogen-bond acceptors (Lipinski definition) is 3. The number of carboxylic acids is 1. The van der Waals surface area contributed by atoms with Gasteiger partial charge in [0.2, 0.25) is 0 Å². The van der Waals surface area contributed by atoms with Crippen LogP contribution in [0.5, 0.6) is 0 Å². The molecule has 3 heterocycles. The molecular formula is C27H23FN4O2S. The van der Waals surface area contributed by atoms with Gasteiger partial charge in [-0.2, -0.15) is 0 Å². The van der Waals surface area contributed by atoms with Crippen LogP contribution in [0.1, 0.15) is 45.1 Å². The lowest BCUT2D eigenvalue weighted by Crippen LogP contribution is -2.29. The largest absolute Gasteiger partial charge is 0.478 e. The van der Waals surface area contributed by atoms with Gasteiger partial charge in [-0.3, -0.25) is 4.98 Å². The number of pyridine rings is 1. The maximum Gasteiger partial charge on any atom is 0.337 e. The molecule has 2 aromatic heterocycles. The quantitative estimate of drug-likeness (QED) is 0.363. The first-order chi connectivity index (χ1) is 16.9. The molecule has 2 unspecified atom stereocenters. The molecule has 0 amide bonds. The fourth-order valence-electron chi connectivity index (χ4n) is 4.86. The topological polar surface area (TPSA) is 70.4 Å². The highest BCUT2D eigenvalue weighted by Gasteiger charge is 2.42. The van der Waals surface area contributed by atoms with Crippen molar-refractivity contribution in [1.29, 1.82) is 0 Å². The van der Waals surface area contributed by atoms with Crippen molar-refractivity contribution in [2.75, 3.05) is 4.90 Å². The van der Waals surface area contributed by atoms with Crippen LogP contribution in [0.2, 0.25) is 0 Å². The standard InChI is InChI=1S/C27H23FN4O2S/c1-16-15-21(17(2)31(16)23-9-4-3-7-20(23)26(33)34)25-24(22-8-5-6-14-29-22)30-27(35)32(25)19-12-10-18(28)11-13-19/h3-15,24-25H,1-2H3,(H,30,35)(H,33,34). The summed E-state index contributed by atoms with van der Waals surface area (Å²) in [5.74, 6) is -1.31. The first kappa shape index (κ1) is 22.7. The van der Waals surface area contributed by atoms with Crippen molar-refractivity contribution >= 4 is 29.0 Å². The second kappa shape index (κ2) is 8.96. The first-order valence-corrected chi connectivity index (χ1v) is 11.6. The normalized spacial score (nSPS) is 17.5. The van der Waals surface area contributed by atoms with Crippen molar-refractivity contribution in [2.45, 2.75) is 25.9 Å². The van der Waals surface area contributed by atoms with Crippen LogP contribution >= 0.6 is 12.2 Å². The molecule has 8 heteroatoms. The fraction of sp³-hybridized carbons (Fsp3) is 0.148. The number of aromatic carboxylic acids is 1. The van der Waals surface area contributed by atoms with E-state index in [2.05, 4.69) is 16.4 Å². The van der Waals surface area contributed by atoms with E-state index in [0.717, 1.165) is 28.3 Å². The number of hydrogen-bond donors (Lipinski definition) is 2. The number of benzene rings is 2. The third-order valence-corrected chi connectivity index (χ3v) is 6.68. The van der Waals surface area contributed by atoms with E-state index >= 15 is 0 Å². The van der Waals surface area contributed by atoms with Gasteiger partial charge in [0.1, 0.15) is 5.82 Å². The third-order valence-electron chi connectivity index (χ3n) is 6.37. The summed E-state index contributed by atoms with van der Waals surface area (Å²) < 4.78 is 15.7. The number of rotatable bonds is 5. The predicted octanol–water partition coefficient (Wildman–Crippen LogP) is 5.50. The number of nitrogens with one attached hydrogen (secondary N) is 1. The molecule has 1 saturated heterocycles. The summed E-state index contributed by atoms with van der Waals surface area (Å²) in [7, 11) is 0. The predicted molar refractivity (Wildman–Crippen MR) is 137 cm³/mol. The SMILES string of the molecule is Cc1cc(C2C(c3ccccn3)NC(=S)N2c2ccc(F)cc2)c(C)n1-c1ccccc1C(=O)O. The van der Waals surface area contributed by atoms with Crippen LogP contribution in [0.25, 0.3) is 5.69 Å². The van der Waals surface area contributed by atoms with E-state index in [1.807, 2.05) is 47.6 Å². The van der Waals surface area contributed by atoms with Gasteiger partial charge < -0.3 is 19.9 Å². The van der Waals surface area contributed by atoms with Crippen LogP contribution in [0.3, 0.4) is 0 Å². The van der Waals surface area contributed by atoms with Crippen LogP contribution < -0.4 is 10.2 Å². The van der Waals surface area contributed by atoms with E-state index in [-0.39, 0.29) is 23.5 Å². The highest BCUT2D eigenvalue weighted by molar-refractivity contribution is 7.80. The molecular weight excluding hydrogens is 463 g/mol. The lowest BCUT2D eigenvalue weighted by Gasteiger charge is -2.28. The number of nitrogens with zero attached hydrogens (tertiary/aromatic N) is 3. The van der Waals surface area contributed by atoms with Crippen LogP contribution in [-0.2, 0) is 0 Å². The van der Waals surface area contributed by atoms with Gasteiger partial charge in [0.05, 0.1) is 29.0 Å². The molecule has 1 aliphatic rings. The maximum atomic E-state index is 13.7. The zero-order chi connectivity index (χ0) is 24.7. The Morgan fingerprint density at radius 2 is 1.77 bits per heavy atom. The zero-order valence-corrected chi connectivity index (χ0v) is 20.0. The number of para-hydroxylation sites is 1. The van der Waals surface area contributed by atoms with Gasteiger partial charge in [0, 0.05) is 23.3 Å². The lowest BCUT2D eigenvalue weighted by molar-refractivity contribution is 0.0697. The Morgan fingerprint density at radius 3 is 2.46 bits per heavy atom. The van der Waals surface area contributed by atoms with E-state index < -0.39 is 5.97 Å². The number of halogens is 1. The van der Waals surface area contributed by atoms with Crippen molar-refractivity contribution in [1.82, 2.24) is 14.9 Å². The number of aryl methyl sites for hydroxylation is 1. The second-order valence-electron chi connectivity index (χ2n) is 8.46. The highest BCUT2D eigenvalue weighted by Crippen LogP contribution is 2.43. The van der Waals surface area contributed by atoms with Crippen LogP contribution in [0.4, 0.5) is 10.1 Å². The Balaban J connectivity index is 1.70. The molecule has 176 valence electrons. The minimum atomic E-state index is -0.988. The lowest BCUT2D eigenvalue weighted by atomic mass is 9.96. The maximum absolute atomic E-state index is 13.7. The van der Waals surface area contributed by atoms with E-state index in [1.165, 1.54) is 12.1 Å². The Morgan fingerprint density at radius 1 is 1.06 bits per heavy atom.